The highest BCUT2D eigenvalue weighted by atomic mass is 16.5. The Morgan fingerprint density at radius 1 is 0.857 bits per heavy atom. The molecule has 0 N–H and O–H groups in total. The molecule has 5 nitrogen and oxygen atoms in total. The van der Waals surface area contributed by atoms with E-state index in [1.807, 2.05) is 0 Å². The first-order chi connectivity index (χ1) is 13.8. The van der Waals surface area contributed by atoms with Crippen molar-refractivity contribution in [3.8, 4) is 11.4 Å². The topological polar surface area (TPSA) is 45.4 Å². The zero-order chi connectivity index (χ0) is 19.2. The molecule has 1 aliphatic heterocycles. The van der Waals surface area contributed by atoms with Crippen LogP contribution in [0.25, 0.3) is 11.4 Å². The summed E-state index contributed by atoms with van der Waals surface area (Å²) < 4.78 is 5.49. The largest absolute Gasteiger partial charge is 0.338 e. The molecule has 2 heterocycles. The molecule has 0 bridgehead atoms. The van der Waals surface area contributed by atoms with Gasteiger partial charge < -0.3 is 9.42 Å². The Bertz CT molecular complexity index is 852. The van der Waals surface area contributed by atoms with E-state index in [9.17, 15) is 0 Å². The molecular weight excluding hydrogens is 348 g/mol. The summed E-state index contributed by atoms with van der Waals surface area (Å²) in [4.78, 5) is 9.53. The molecule has 0 amide bonds. The summed E-state index contributed by atoms with van der Waals surface area (Å²) in [7, 11) is 0. The summed E-state index contributed by atoms with van der Waals surface area (Å²) in [5.41, 5.74) is 3.74. The van der Waals surface area contributed by atoms with E-state index >= 15 is 0 Å². The third-order valence-electron chi connectivity index (χ3n) is 5.47. The van der Waals surface area contributed by atoms with Gasteiger partial charge in [0.1, 0.15) is 0 Å². The molecule has 0 unspecified atom stereocenters. The van der Waals surface area contributed by atoms with Crippen molar-refractivity contribution in [2.75, 3.05) is 32.7 Å². The van der Waals surface area contributed by atoms with Crippen LogP contribution in [0.5, 0.6) is 0 Å². The van der Waals surface area contributed by atoms with E-state index in [2.05, 4.69) is 81.5 Å². The maximum absolute atomic E-state index is 5.49. The van der Waals surface area contributed by atoms with Gasteiger partial charge in [-0.15, -0.1) is 0 Å². The lowest BCUT2D eigenvalue weighted by Gasteiger charge is -2.33. The van der Waals surface area contributed by atoms with Gasteiger partial charge in [0, 0.05) is 38.3 Å². The Morgan fingerprint density at radius 2 is 1.57 bits per heavy atom. The van der Waals surface area contributed by atoms with E-state index in [0.717, 1.165) is 57.7 Å². The Hall–Kier alpha value is -2.50. The van der Waals surface area contributed by atoms with Crippen molar-refractivity contribution >= 4 is 0 Å². The fourth-order valence-electron chi connectivity index (χ4n) is 3.62. The predicted octanol–water partition coefficient (Wildman–Crippen LogP) is 3.66. The first-order valence-corrected chi connectivity index (χ1v) is 10.2. The van der Waals surface area contributed by atoms with Crippen LogP contribution in [0, 0.1) is 0 Å². The summed E-state index contributed by atoms with van der Waals surface area (Å²) in [6.45, 7) is 8.26. The minimum atomic E-state index is 0.680. The van der Waals surface area contributed by atoms with Crippen molar-refractivity contribution in [2.45, 2.75) is 26.3 Å². The van der Waals surface area contributed by atoms with E-state index in [-0.39, 0.29) is 0 Å². The molecule has 1 fully saturated rings. The average Bonchev–Trinajstić information content (AvgIpc) is 3.22. The van der Waals surface area contributed by atoms with E-state index < -0.39 is 0 Å². The fraction of sp³-hybridized carbons (Fsp3) is 0.391. The summed E-state index contributed by atoms with van der Waals surface area (Å²) in [5, 5.41) is 4.16. The Morgan fingerprint density at radius 3 is 2.29 bits per heavy atom. The van der Waals surface area contributed by atoms with Crippen molar-refractivity contribution in [1.82, 2.24) is 19.9 Å². The highest BCUT2D eigenvalue weighted by molar-refractivity contribution is 5.54. The third-order valence-corrected chi connectivity index (χ3v) is 5.47. The highest BCUT2D eigenvalue weighted by Crippen LogP contribution is 2.18. The molecule has 146 valence electrons. The van der Waals surface area contributed by atoms with Gasteiger partial charge in [-0.05, 0) is 24.0 Å². The van der Waals surface area contributed by atoms with E-state index in [4.69, 9.17) is 4.52 Å². The fourth-order valence-corrected chi connectivity index (χ4v) is 3.62. The van der Waals surface area contributed by atoms with Crippen molar-refractivity contribution in [3.63, 3.8) is 0 Å². The van der Waals surface area contributed by atoms with Crippen LogP contribution in [0.2, 0.25) is 0 Å². The summed E-state index contributed by atoms with van der Waals surface area (Å²) in [6.07, 6.45) is 2.15. The monoisotopic (exact) mass is 376 g/mol. The van der Waals surface area contributed by atoms with E-state index in [1.165, 1.54) is 11.1 Å². The number of piperazine rings is 1. The molecule has 1 saturated heterocycles. The van der Waals surface area contributed by atoms with Gasteiger partial charge in [0.25, 0.3) is 0 Å². The first-order valence-electron chi connectivity index (χ1n) is 10.2. The maximum Gasteiger partial charge on any atom is 0.241 e. The molecule has 2 aromatic carbocycles. The smallest absolute Gasteiger partial charge is 0.241 e. The summed E-state index contributed by atoms with van der Waals surface area (Å²) in [5.74, 6) is 1.38. The molecule has 4 rings (SSSR count). The van der Waals surface area contributed by atoms with Crippen molar-refractivity contribution in [1.29, 1.82) is 0 Å². The zero-order valence-corrected chi connectivity index (χ0v) is 16.6. The van der Waals surface area contributed by atoms with Crippen molar-refractivity contribution < 1.29 is 4.52 Å². The lowest BCUT2D eigenvalue weighted by atomic mass is 10.1. The Balaban J connectivity index is 1.25. The molecule has 5 heteroatoms. The SMILES string of the molecule is CCc1ccc(-c2noc(CN3CCN(CCc4ccccc4)CC3)n2)cc1. The molecule has 1 aromatic heterocycles. The minimum Gasteiger partial charge on any atom is -0.338 e. The van der Waals surface area contributed by atoms with E-state index in [1.54, 1.807) is 0 Å². The molecule has 0 radical (unpaired) electrons. The third kappa shape index (κ3) is 4.86. The molecule has 0 aliphatic carbocycles. The molecule has 0 atom stereocenters. The molecule has 0 spiro atoms. The number of aryl methyl sites for hydroxylation is 1. The average molecular weight is 377 g/mol. The van der Waals surface area contributed by atoms with Crippen LogP contribution in [0.3, 0.4) is 0 Å². The quantitative estimate of drug-likeness (QED) is 0.630. The highest BCUT2D eigenvalue weighted by Gasteiger charge is 2.19. The second-order valence-corrected chi connectivity index (χ2v) is 7.42. The molecule has 0 saturated carbocycles. The maximum atomic E-state index is 5.49. The van der Waals surface area contributed by atoms with Crippen LogP contribution in [-0.2, 0) is 19.4 Å². The molecular formula is C23H28N4O. The van der Waals surface area contributed by atoms with Gasteiger partial charge in [0.2, 0.25) is 11.7 Å². The van der Waals surface area contributed by atoms with Crippen molar-refractivity contribution in [2.24, 2.45) is 0 Å². The van der Waals surface area contributed by atoms with Crippen LogP contribution in [0.15, 0.2) is 59.1 Å². The van der Waals surface area contributed by atoms with Crippen LogP contribution < -0.4 is 0 Å². The molecule has 1 aliphatic rings. The number of rotatable bonds is 7. The van der Waals surface area contributed by atoms with Crippen LogP contribution >= 0.6 is 0 Å². The Labute approximate surface area is 167 Å². The minimum absolute atomic E-state index is 0.680. The predicted molar refractivity (Wildman–Crippen MR) is 111 cm³/mol. The number of benzene rings is 2. The van der Waals surface area contributed by atoms with Gasteiger partial charge in [0.05, 0.1) is 6.54 Å². The normalized spacial score (nSPS) is 15.8. The van der Waals surface area contributed by atoms with Gasteiger partial charge in [-0.25, -0.2) is 0 Å². The number of hydrogen-bond donors (Lipinski definition) is 0. The first kappa shape index (κ1) is 18.8. The lowest BCUT2D eigenvalue weighted by Crippen LogP contribution is -2.46. The van der Waals surface area contributed by atoms with Gasteiger partial charge in [-0.1, -0.05) is 66.7 Å². The number of aromatic nitrogens is 2. The number of nitrogens with zero attached hydrogens (tertiary/aromatic N) is 4. The molecule has 3 aromatic rings. The Kier molecular flexibility index (Phi) is 6.14. The van der Waals surface area contributed by atoms with Gasteiger partial charge in [-0.3, -0.25) is 4.90 Å². The van der Waals surface area contributed by atoms with Gasteiger partial charge in [-0.2, -0.15) is 4.98 Å². The second kappa shape index (κ2) is 9.13. The summed E-state index contributed by atoms with van der Waals surface area (Å²) in [6, 6.07) is 19.1. The molecule has 28 heavy (non-hydrogen) atoms. The van der Waals surface area contributed by atoms with Gasteiger partial charge >= 0.3 is 0 Å². The summed E-state index contributed by atoms with van der Waals surface area (Å²) >= 11 is 0. The second-order valence-electron chi connectivity index (χ2n) is 7.42. The van der Waals surface area contributed by atoms with Crippen LogP contribution in [-0.4, -0.2) is 52.7 Å². The van der Waals surface area contributed by atoms with Crippen LogP contribution in [0.1, 0.15) is 23.9 Å². The standard InChI is InChI=1S/C23H28N4O/c1-2-19-8-10-21(11-9-19)23-24-22(28-25-23)18-27-16-14-26(15-17-27)13-12-20-6-4-3-5-7-20/h3-11H,2,12-18H2,1H3. The van der Waals surface area contributed by atoms with Gasteiger partial charge in [0.15, 0.2) is 0 Å². The van der Waals surface area contributed by atoms with Crippen LogP contribution in [0.4, 0.5) is 0 Å². The number of hydrogen-bond acceptors (Lipinski definition) is 5. The van der Waals surface area contributed by atoms with Crippen molar-refractivity contribution in [3.05, 3.63) is 71.6 Å². The van der Waals surface area contributed by atoms with E-state index in [0.29, 0.717) is 11.7 Å². The lowest BCUT2D eigenvalue weighted by molar-refractivity contribution is 0.118. The zero-order valence-electron chi connectivity index (χ0n) is 16.6.